The van der Waals surface area contributed by atoms with Gasteiger partial charge in [-0.05, 0) is 26.0 Å². The highest BCUT2D eigenvalue weighted by Gasteiger charge is 2.16. The average molecular weight is 369 g/mol. The van der Waals surface area contributed by atoms with Gasteiger partial charge in [-0.2, -0.15) is 0 Å². The van der Waals surface area contributed by atoms with Crippen molar-refractivity contribution in [1.82, 2.24) is 9.55 Å². The molecule has 0 saturated carbocycles. The minimum atomic E-state index is -0.539. The number of furan rings is 1. The predicted molar refractivity (Wildman–Crippen MR) is 98.8 cm³/mol. The largest absolute Gasteiger partial charge is 0.465 e. The predicted octanol–water partition coefficient (Wildman–Crippen LogP) is 2.42. The van der Waals surface area contributed by atoms with Crippen LogP contribution < -0.4 is 10.9 Å². The van der Waals surface area contributed by atoms with Crippen LogP contribution in [-0.4, -0.2) is 28.5 Å². The number of nitrogens with zero attached hydrogens (tertiary/aromatic N) is 2. The number of para-hydroxylation sites is 1. The number of anilines is 1. The van der Waals surface area contributed by atoms with Gasteiger partial charge in [0.15, 0.2) is 0 Å². The second kappa shape index (κ2) is 7.45. The fourth-order valence-corrected chi connectivity index (χ4v) is 2.74. The van der Waals surface area contributed by atoms with Gasteiger partial charge in [-0.25, -0.2) is 9.78 Å². The number of carbonyl (C=O) groups excluding carboxylic acids is 2. The van der Waals surface area contributed by atoms with Crippen LogP contribution in [0.25, 0.3) is 11.1 Å². The summed E-state index contributed by atoms with van der Waals surface area (Å²) in [5.41, 5.74) is 1.41. The van der Waals surface area contributed by atoms with Gasteiger partial charge < -0.3 is 14.5 Å². The Kier molecular flexibility index (Phi) is 5.07. The molecule has 0 atom stereocenters. The molecule has 27 heavy (non-hydrogen) atoms. The number of amides is 1. The van der Waals surface area contributed by atoms with Gasteiger partial charge in [-0.3, -0.25) is 14.2 Å². The Morgan fingerprint density at radius 1 is 1.26 bits per heavy atom. The standard InChI is InChI=1S/C19H19N3O5/c1-11-12(2)27-17-16(11)18(24)22(10-20-17)9-8-15(23)21-14-7-5-4-6-13(14)19(25)26-3/h4-7,10H,8-9H2,1-3H3,(H,21,23). The van der Waals surface area contributed by atoms with E-state index in [0.717, 1.165) is 5.56 Å². The van der Waals surface area contributed by atoms with Crippen molar-refractivity contribution >= 4 is 28.7 Å². The number of benzene rings is 1. The van der Waals surface area contributed by atoms with Gasteiger partial charge >= 0.3 is 5.97 Å². The van der Waals surface area contributed by atoms with Gasteiger partial charge in [-0.1, -0.05) is 12.1 Å². The molecule has 1 amide bonds. The fraction of sp³-hybridized carbons (Fsp3) is 0.263. The Balaban J connectivity index is 1.75. The van der Waals surface area contributed by atoms with Gasteiger partial charge in [0, 0.05) is 18.5 Å². The molecule has 0 unspecified atom stereocenters. The van der Waals surface area contributed by atoms with Crippen molar-refractivity contribution in [3.05, 3.63) is 57.8 Å². The molecule has 0 aliphatic rings. The number of carbonyl (C=O) groups is 2. The SMILES string of the molecule is COC(=O)c1ccccc1NC(=O)CCn1cnc2oc(C)c(C)c2c1=O. The van der Waals surface area contributed by atoms with E-state index in [-0.39, 0.29) is 30.0 Å². The molecule has 0 bridgehead atoms. The summed E-state index contributed by atoms with van der Waals surface area (Å²) in [5, 5.41) is 3.10. The molecule has 140 valence electrons. The number of aromatic nitrogens is 2. The van der Waals surface area contributed by atoms with E-state index < -0.39 is 5.97 Å². The highest BCUT2D eigenvalue weighted by atomic mass is 16.5. The first-order valence-electron chi connectivity index (χ1n) is 8.34. The molecule has 1 aromatic carbocycles. The molecule has 0 aliphatic heterocycles. The molecule has 3 aromatic rings. The molecule has 2 aromatic heterocycles. The van der Waals surface area contributed by atoms with Crippen LogP contribution in [0.1, 0.15) is 28.1 Å². The number of methoxy groups -OCH3 is 1. The molecular weight excluding hydrogens is 350 g/mol. The molecule has 0 spiro atoms. The van der Waals surface area contributed by atoms with Gasteiger partial charge in [0.2, 0.25) is 11.6 Å². The second-order valence-electron chi connectivity index (χ2n) is 6.04. The molecule has 8 heteroatoms. The summed E-state index contributed by atoms with van der Waals surface area (Å²) in [4.78, 5) is 40.8. The molecule has 2 heterocycles. The minimum Gasteiger partial charge on any atom is -0.465 e. The summed E-state index contributed by atoms with van der Waals surface area (Å²) in [7, 11) is 1.27. The van der Waals surface area contributed by atoms with Crippen LogP contribution in [-0.2, 0) is 16.1 Å². The number of aryl methyl sites for hydroxylation is 3. The molecule has 8 nitrogen and oxygen atoms in total. The van der Waals surface area contributed by atoms with Crippen LogP contribution in [0.4, 0.5) is 5.69 Å². The molecular formula is C19H19N3O5. The monoisotopic (exact) mass is 369 g/mol. The van der Waals surface area contributed by atoms with E-state index in [1.54, 1.807) is 38.1 Å². The molecule has 0 fully saturated rings. The van der Waals surface area contributed by atoms with Crippen LogP contribution in [0.2, 0.25) is 0 Å². The smallest absolute Gasteiger partial charge is 0.339 e. The van der Waals surface area contributed by atoms with Crippen LogP contribution in [0.3, 0.4) is 0 Å². The Bertz CT molecular complexity index is 1080. The third-order valence-corrected chi connectivity index (χ3v) is 4.34. The van der Waals surface area contributed by atoms with Crippen LogP contribution in [0, 0.1) is 13.8 Å². The summed E-state index contributed by atoms with van der Waals surface area (Å²) in [6.45, 7) is 3.72. The zero-order valence-corrected chi connectivity index (χ0v) is 15.2. The second-order valence-corrected chi connectivity index (χ2v) is 6.04. The third-order valence-electron chi connectivity index (χ3n) is 4.34. The fourth-order valence-electron chi connectivity index (χ4n) is 2.74. The van der Waals surface area contributed by atoms with E-state index in [1.807, 2.05) is 0 Å². The van der Waals surface area contributed by atoms with Crippen molar-refractivity contribution in [3.8, 4) is 0 Å². The van der Waals surface area contributed by atoms with Crippen molar-refractivity contribution in [3.63, 3.8) is 0 Å². The highest BCUT2D eigenvalue weighted by Crippen LogP contribution is 2.19. The Labute approximate surface area is 154 Å². The first kappa shape index (κ1) is 18.4. The average Bonchev–Trinajstić information content (AvgIpc) is 2.95. The lowest BCUT2D eigenvalue weighted by atomic mass is 10.1. The first-order valence-corrected chi connectivity index (χ1v) is 8.34. The van der Waals surface area contributed by atoms with Gasteiger partial charge in [-0.15, -0.1) is 0 Å². The maximum Gasteiger partial charge on any atom is 0.339 e. The summed E-state index contributed by atoms with van der Waals surface area (Å²) in [6.07, 6.45) is 1.40. The van der Waals surface area contributed by atoms with Crippen LogP contribution >= 0.6 is 0 Å². The van der Waals surface area contributed by atoms with Gasteiger partial charge in [0.05, 0.1) is 18.4 Å². The topological polar surface area (TPSA) is 103 Å². The zero-order chi connectivity index (χ0) is 19.6. The Hall–Kier alpha value is -3.42. The molecule has 0 saturated heterocycles. The van der Waals surface area contributed by atoms with E-state index in [0.29, 0.717) is 22.5 Å². The number of fused-ring (bicyclic) bond motifs is 1. The van der Waals surface area contributed by atoms with E-state index in [4.69, 9.17) is 9.15 Å². The molecule has 0 aliphatic carbocycles. The molecule has 0 radical (unpaired) electrons. The number of esters is 1. The maximum atomic E-state index is 12.6. The lowest BCUT2D eigenvalue weighted by Crippen LogP contribution is -2.24. The van der Waals surface area contributed by atoms with Crippen molar-refractivity contribution in [2.24, 2.45) is 0 Å². The van der Waals surface area contributed by atoms with E-state index >= 15 is 0 Å². The lowest BCUT2D eigenvalue weighted by molar-refractivity contribution is -0.116. The van der Waals surface area contributed by atoms with E-state index in [9.17, 15) is 14.4 Å². The van der Waals surface area contributed by atoms with Crippen LogP contribution in [0.15, 0.2) is 39.8 Å². The summed E-state index contributed by atoms with van der Waals surface area (Å²) < 4.78 is 11.5. The van der Waals surface area contributed by atoms with Gasteiger partial charge in [0.1, 0.15) is 17.5 Å². The van der Waals surface area contributed by atoms with E-state index in [1.165, 1.54) is 18.0 Å². The number of hydrogen-bond acceptors (Lipinski definition) is 6. The number of ether oxygens (including phenoxy) is 1. The summed E-state index contributed by atoms with van der Waals surface area (Å²) in [5.74, 6) is -0.231. The summed E-state index contributed by atoms with van der Waals surface area (Å²) >= 11 is 0. The normalized spacial score (nSPS) is 10.8. The lowest BCUT2D eigenvalue weighted by Gasteiger charge is -2.10. The summed E-state index contributed by atoms with van der Waals surface area (Å²) in [6, 6.07) is 6.56. The quantitative estimate of drug-likeness (QED) is 0.693. The third kappa shape index (κ3) is 3.59. The number of hydrogen-bond donors (Lipinski definition) is 1. The van der Waals surface area contributed by atoms with Crippen molar-refractivity contribution in [2.45, 2.75) is 26.8 Å². The zero-order valence-electron chi connectivity index (χ0n) is 15.2. The number of nitrogens with one attached hydrogen (secondary N) is 1. The van der Waals surface area contributed by atoms with E-state index in [2.05, 4.69) is 10.3 Å². The van der Waals surface area contributed by atoms with Crippen molar-refractivity contribution in [1.29, 1.82) is 0 Å². The maximum absolute atomic E-state index is 12.6. The van der Waals surface area contributed by atoms with Crippen molar-refractivity contribution < 1.29 is 18.7 Å². The Morgan fingerprint density at radius 2 is 2.00 bits per heavy atom. The highest BCUT2D eigenvalue weighted by molar-refractivity contribution is 6.01. The number of rotatable bonds is 5. The van der Waals surface area contributed by atoms with Gasteiger partial charge in [0.25, 0.3) is 5.56 Å². The Morgan fingerprint density at radius 3 is 2.74 bits per heavy atom. The molecule has 3 rings (SSSR count). The van der Waals surface area contributed by atoms with Crippen LogP contribution in [0.5, 0.6) is 0 Å². The minimum absolute atomic E-state index is 0.0402. The first-order chi connectivity index (χ1) is 12.9. The molecule has 1 N–H and O–H groups in total. The van der Waals surface area contributed by atoms with Crippen molar-refractivity contribution in [2.75, 3.05) is 12.4 Å².